The molecule has 0 radical (unpaired) electrons. The summed E-state index contributed by atoms with van der Waals surface area (Å²) in [5.41, 5.74) is 0. The molecule has 0 amide bonds. The Morgan fingerprint density at radius 2 is 2.00 bits per heavy atom. The first-order chi connectivity index (χ1) is 7.14. The molecule has 0 aromatic rings. The van der Waals surface area contributed by atoms with Crippen LogP contribution in [0, 0.1) is 0 Å². The number of hydrogen-bond donors (Lipinski definition) is 2. The van der Waals surface area contributed by atoms with Gasteiger partial charge in [-0.3, -0.25) is 0 Å². The van der Waals surface area contributed by atoms with Crippen LogP contribution in [0.3, 0.4) is 0 Å². The maximum atomic E-state index is 11.6. The third-order valence-corrected chi connectivity index (χ3v) is 3.80. The lowest BCUT2D eigenvalue weighted by Gasteiger charge is -2.22. The number of rotatable bonds is 6. The van der Waals surface area contributed by atoms with E-state index in [1.807, 2.05) is 6.92 Å². The van der Waals surface area contributed by atoms with E-state index in [-0.39, 0.29) is 11.8 Å². The zero-order valence-electron chi connectivity index (χ0n) is 9.16. The summed E-state index contributed by atoms with van der Waals surface area (Å²) in [7, 11) is -3.12. The monoisotopic (exact) mass is 236 g/mol. The average Bonchev–Trinajstić information content (AvgIpc) is 2.18. The van der Waals surface area contributed by atoms with Gasteiger partial charge < -0.3 is 10.1 Å². The highest BCUT2D eigenvalue weighted by molar-refractivity contribution is 7.89. The minimum atomic E-state index is -3.12. The summed E-state index contributed by atoms with van der Waals surface area (Å²) in [6.45, 7) is 4.57. The van der Waals surface area contributed by atoms with Crippen LogP contribution < -0.4 is 10.0 Å². The number of nitrogens with one attached hydrogen (secondary N) is 2. The molecule has 1 saturated heterocycles. The van der Waals surface area contributed by atoms with Crippen LogP contribution in [0.5, 0.6) is 0 Å². The predicted octanol–water partition coefficient (Wildman–Crippen LogP) is -0.306. The van der Waals surface area contributed by atoms with Gasteiger partial charge in [0.05, 0.1) is 5.75 Å². The molecular formula is C9H20N2O3S. The summed E-state index contributed by atoms with van der Waals surface area (Å²) in [6, 6.07) is 0.0605. The smallest absolute Gasteiger partial charge is 0.213 e. The van der Waals surface area contributed by atoms with Crippen LogP contribution in [0.2, 0.25) is 0 Å². The number of sulfonamides is 1. The largest absolute Gasteiger partial charge is 0.381 e. The van der Waals surface area contributed by atoms with E-state index in [1.54, 1.807) is 0 Å². The molecular weight excluding hydrogens is 216 g/mol. The van der Waals surface area contributed by atoms with Gasteiger partial charge in [0, 0.05) is 25.8 Å². The Balaban J connectivity index is 2.27. The molecule has 0 spiro atoms. The molecule has 1 fully saturated rings. The normalized spacial score (nSPS) is 19.3. The SMILES string of the molecule is CCNCCS(=O)(=O)NC1CCOCC1. The summed E-state index contributed by atoms with van der Waals surface area (Å²) in [4.78, 5) is 0. The third kappa shape index (κ3) is 5.46. The lowest BCUT2D eigenvalue weighted by molar-refractivity contribution is 0.0832. The van der Waals surface area contributed by atoms with Crippen molar-refractivity contribution in [1.29, 1.82) is 0 Å². The molecule has 0 aromatic heterocycles. The van der Waals surface area contributed by atoms with Crippen molar-refractivity contribution in [2.45, 2.75) is 25.8 Å². The minimum absolute atomic E-state index is 0.0605. The van der Waals surface area contributed by atoms with Gasteiger partial charge in [-0.2, -0.15) is 0 Å². The Kier molecular flexibility index (Phi) is 5.52. The van der Waals surface area contributed by atoms with Gasteiger partial charge in [0.25, 0.3) is 0 Å². The molecule has 0 bridgehead atoms. The van der Waals surface area contributed by atoms with Crippen LogP contribution in [0.4, 0.5) is 0 Å². The van der Waals surface area contributed by atoms with Crippen molar-refractivity contribution < 1.29 is 13.2 Å². The molecule has 1 heterocycles. The molecule has 6 heteroatoms. The Morgan fingerprint density at radius 3 is 2.60 bits per heavy atom. The highest BCUT2D eigenvalue weighted by atomic mass is 32.2. The summed E-state index contributed by atoms with van der Waals surface area (Å²) < 4.78 is 31.0. The van der Waals surface area contributed by atoms with Crippen LogP contribution >= 0.6 is 0 Å². The Hall–Kier alpha value is -0.170. The van der Waals surface area contributed by atoms with E-state index >= 15 is 0 Å². The average molecular weight is 236 g/mol. The Morgan fingerprint density at radius 1 is 1.33 bits per heavy atom. The Labute approximate surface area is 91.6 Å². The van der Waals surface area contributed by atoms with Crippen molar-refractivity contribution in [3.8, 4) is 0 Å². The second kappa shape index (κ2) is 6.42. The van der Waals surface area contributed by atoms with Gasteiger partial charge in [-0.1, -0.05) is 6.92 Å². The molecule has 5 nitrogen and oxygen atoms in total. The quantitative estimate of drug-likeness (QED) is 0.621. The lowest BCUT2D eigenvalue weighted by atomic mass is 10.1. The van der Waals surface area contributed by atoms with Crippen LogP contribution in [0.1, 0.15) is 19.8 Å². The van der Waals surface area contributed by atoms with Crippen molar-refractivity contribution in [2.24, 2.45) is 0 Å². The Bertz CT molecular complexity index is 261. The van der Waals surface area contributed by atoms with Crippen LogP contribution in [0.25, 0.3) is 0 Å². The van der Waals surface area contributed by atoms with Crippen molar-refractivity contribution >= 4 is 10.0 Å². The fraction of sp³-hybridized carbons (Fsp3) is 1.00. The molecule has 2 N–H and O–H groups in total. The van der Waals surface area contributed by atoms with Gasteiger partial charge in [0.1, 0.15) is 0 Å². The molecule has 15 heavy (non-hydrogen) atoms. The van der Waals surface area contributed by atoms with Crippen LogP contribution in [0.15, 0.2) is 0 Å². The molecule has 1 rings (SSSR count). The topological polar surface area (TPSA) is 67.4 Å². The highest BCUT2D eigenvalue weighted by Crippen LogP contribution is 2.07. The van der Waals surface area contributed by atoms with Gasteiger partial charge in [0.15, 0.2) is 0 Å². The zero-order valence-corrected chi connectivity index (χ0v) is 9.98. The molecule has 0 aromatic carbocycles. The van der Waals surface area contributed by atoms with E-state index in [9.17, 15) is 8.42 Å². The van der Waals surface area contributed by atoms with Crippen molar-refractivity contribution in [2.75, 3.05) is 32.1 Å². The second-order valence-electron chi connectivity index (χ2n) is 3.68. The molecule has 0 aliphatic carbocycles. The van der Waals surface area contributed by atoms with E-state index in [1.165, 1.54) is 0 Å². The number of ether oxygens (including phenoxy) is 1. The van der Waals surface area contributed by atoms with Gasteiger partial charge in [0.2, 0.25) is 10.0 Å². The fourth-order valence-electron chi connectivity index (χ4n) is 1.51. The van der Waals surface area contributed by atoms with Gasteiger partial charge >= 0.3 is 0 Å². The van der Waals surface area contributed by atoms with Gasteiger partial charge in [-0.25, -0.2) is 13.1 Å². The van der Waals surface area contributed by atoms with Gasteiger partial charge in [-0.05, 0) is 19.4 Å². The zero-order chi connectivity index (χ0) is 11.1. The molecule has 1 aliphatic heterocycles. The number of hydrogen-bond acceptors (Lipinski definition) is 4. The molecule has 0 saturated carbocycles. The van der Waals surface area contributed by atoms with E-state index in [4.69, 9.17) is 4.74 Å². The molecule has 90 valence electrons. The lowest BCUT2D eigenvalue weighted by Crippen LogP contribution is -2.41. The van der Waals surface area contributed by atoms with Crippen molar-refractivity contribution in [3.63, 3.8) is 0 Å². The van der Waals surface area contributed by atoms with Crippen molar-refractivity contribution in [3.05, 3.63) is 0 Å². The first-order valence-electron chi connectivity index (χ1n) is 5.42. The first kappa shape index (κ1) is 12.9. The highest BCUT2D eigenvalue weighted by Gasteiger charge is 2.19. The van der Waals surface area contributed by atoms with Crippen LogP contribution in [-0.2, 0) is 14.8 Å². The second-order valence-corrected chi connectivity index (χ2v) is 5.55. The van der Waals surface area contributed by atoms with E-state index in [0.717, 1.165) is 19.4 Å². The first-order valence-corrected chi connectivity index (χ1v) is 7.08. The van der Waals surface area contributed by atoms with E-state index < -0.39 is 10.0 Å². The van der Waals surface area contributed by atoms with E-state index in [0.29, 0.717) is 19.8 Å². The maximum Gasteiger partial charge on any atom is 0.213 e. The molecule has 0 atom stereocenters. The summed E-state index contributed by atoms with van der Waals surface area (Å²) >= 11 is 0. The molecule has 0 unspecified atom stereocenters. The summed E-state index contributed by atoms with van der Waals surface area (Å²) in [6.07, 6.45) is 1.56. The molecule has 1 aliphatic rings. The van der Waals surface area contributed by atoms with Gasteiger partial charge in [-0.15, -0.1) is 0 Å². The van der Waals surface area contributed by atoms with Crippen molar-refractivity contribution in [1.82, 2.24) is 10.0 Å². The fourth-order valence-corrected chi connectivity index (χ4v) is 2.79. The minimum Gasteiger partial charge on any atom is -0.381 e. The van der Waals surface area contributed by atoms with Crippen LogP contribution in [-0.4, -0.2) is 46.5 Å². The summed E-state index contributed by atoms with van der Waals surface area (Å²) in [5.74, 6) is 0.151. The maximum absolute atomic E-state index is 11.6. The van der Waals surface area contributed by atoms with E-state index in [2.05, 4.69) is 10.0 Å². The summed E-state index contributed by atoms with van der Waals surface area (Å²) in [5, 5.41) is 3.00. The predicted molar refractivity (Wildman–Crippen MR) is 59.3 cm³/mol. The third-order valence-electron chi connectivity index (χ3n) is 2.37. The standard InChI is InChI=1S/C9H20N2O3S/c1-2-10-5-8-15(12,13)11-9-3-6-14-7-4-9/h9-11H,2-8H2,1H3.